The Morgan fingerprint density at radius 3 is 2.95 bits per heavy atom. The second-order valence-corrected chi connectivity index (χ2v) is 5.58. The van der Waals surface area contributed by atoms with Gasteiger partial charge in [-0.3, -0.25) is 4.99 Å². The van der Waals surface area contributed by atoms with Crippen molar-refractivity contribution in [2.75, 3.05) is 19.8 Å². The first-order valence-corrected chi connectivity index (χ1v) is 6.91. The smallest absolute Gasteiger partial charge is 0.192 e. The summed E-state index contributed by atoms with van der Waals surface area (Å²) in [5.74, 6) is 1.13. The quantitative estimate of drug-likeness (QED) is 0.878. The van der Waals surface area contributed by atoms with E-state index in [0.29, 0.717) is 11.9 Å². The number of nitrogens with zero attached hydrogens (tertiary/aromatic N) is 2. The molecule has 0 aromatic heterocycles. The molecule has 0 bridgehead atoms. The second-order valence-electron chi connectivity index (χ2n) is 5.58. The minimum absolute atomic E-state index is 0.0537. The third kappa shape index (κ3) is 2.10. The molecule has 0 radical (unpaired) electrons. The van der Waals surface area contributed by atoms with Crippen LogP contribution in [0.5, 0.6) is 0 Å². The van der Waals surface area contributed by atoms with Crippen LogP contribution in [0.25, 0.3) is 0 Å². The Labute approximate surface area is 114 Å². The molecule has 1 aromatic rings. The summed E-state index contributed by atoms with van der Waals surface area (Å²) < 4.78 is 5.58. The number of nitrogens with two attached hydrogens (primary N) is 1. The van der Waals surface area contributed by atoms with Gasteiger partial charge in [0, 0.05) is 19.1 Å². The van der Waals surface area contributed by atoms with Crippen LogP contribution >= 0.6 is 0 Å². The van der Waals surface area contributed by atoms with Crippen molar-refractivity contribution in [1.29, 1.82) is 0 Å². The Morgan fingerprint density at radius 1 is 1.42 bits per heavy atom. The molecular formula is C15H21N3O. The Bertz CT molecular complexity index is 474. The lowest BCUT2D eigenvalue weighted by Gasteiger charge is -2.46. The van der Waals surface area contributed by atoms with Gasteiger partial charge in [0.1, 0.15) is 0 Å². The number of guanidine groups is 1. The van der Waals surface area contributed by atoms with E-state index in [1.54, 1.807) is 0 Å². The van der Waals surface area contributed by atoms with Crippen LogP contribution in [-0.2, 0) is 11.3 Å². The lowest BCUT2D eigenvalue weighted by Crippen LogP contribution is -2.58. The molecular weight excluding hydrogens is 238 g/mol. The zero-order valence-corrected chi connectivity index (χ0v) is 11.4. The molecule has 19 heavy (non-hydrogen) atoms. The van der Waals surface area contributed by atoms with Gasteiger partial charge in [-0.15, -0.1) is 0 Å². The average Bonchev–Trinajstić information content (AvgIpc) is 2.74. The van der Waals surface area contributed by atoms with E-state index in [1.165, 1.54) is 5.56 Å². The minimum Gasteiger partial charge on any atom is -0.381 e. The van der Waals surface area contributed by atoms with Crippen LogP contribution in [0.4, 0.5) is 0 Å². The van der Waals surface area contributed by atoms with Crippen molar-refractivity contribution in [2.24, 2.45) is 16.6 Å². The molecule has 1 spiro atoms. The summed E-state index contributed by atoms with van der Waals surface area (Å²) in [5.41, 5.74) is 7.46. The van der Waals surface area contributed by atoms with Crippen LogP contribution in [0.2, 0.25) is 0 Å². The highest BCUT2D eigenvalue weighted by Crippen LogP contribution is 2.37. The van der Waals surface area contributed by atoms with Crippen LogP contribution in [0, 0.1) is 5.92 Å². The van der Waals surface area contributed by atoms with Crippen molar-refractivity contribution in [3.63, 3.8) is 0 Å². The van der Waals surface area contributed by atoms with Crippen molar-refractivity contribution in [3.05, 3.63) is 35.9 Å². The molecule has 1 saturated heterocycles. The van der Waals surface area contributed by atoms with E-state index in [-0.39, 0.29) is 5.54 Å². The Kier molecular flexibility index (Phi) is 3.19. The summed E-state index contributed by atoms with van der Waals surface area (Å²) in [6.45, 7) is 5.48. The molecule has 0 amide bonds. The predicted octanol–water partition coefficient (Wildman–Crippen LogP) is 1.61. The lowest BCUT2D eigenvalue weighted by molar-refractivity contribution is -0.0357. The Balaban J connectivity index is 1.86. The van der Waals surface area contributed by atoms with E-state index >= 15 is 0 Å². The van der Waals surface area contributed by atoms with Gasteiger partial charge in [0.25, 0.3) is 0 Å². The Morgan fingerprint density at radius 2 is 2.21 bits per heavy atom. The molecule has 1 fully saturated rings. The molecule has 1 aromatic carbocycles. The summed E-state index contributed by atoms with van der Waals surface area (Å²) in [6, 6.07) is 10.5. The number of aliphatic imine (C=N–C) groups is 1. The topological polar surface area (TPSA) is 50.9 Å². The fourth-order valence-corrected chi connectivity index (χ4v) is 3.17. The molecule has 2 aliphatic rings. The van der Waals surface area contributed by atoms with E-state index in [1.807, 2.05) is 6.07 Å². The number of ether oxygens (including phenoxy) is 1. The van der Waals surface area contributed by atoms with Gasteiger partial charge in [-0.25, -0.2) is 0 Å². The molecule has 4 nitrogen and oxygen atoms in total. The summed E-state index contributed by atoms with van der Waals surface area (Å²) >= 11 is 0. The van der Waals surface area contributed by atoms with Crippen molar-refractivity contribution in [2.45, 2.75) is 25.4 Å². The van der Waals surface area contributed by atoms with Crippen molar-refractivity contribution >= 4 is 5.96 Å². The zero-order valence-electron chi connectivity index (χ0n) is 11.4. The average molecular weight is 259 g/mol. The number of hydrogen-bond acceptors (Lipinski definition) is 4. The van der Waals surface area contributed by atoms with E-state index in [4.69, 9.17) is 10.5 Å². The first-order chi connectivity index (χ1) is 9.22. The molecule has 102 valence electrons. The van der Waals surface area contributed by atoms with Crippen LogP contribution in [0.1, 0.15) is 18.9 Å². The van der Waals surface area contributed by atoms with Gasteiger partial charge in [0.05, 0.1) is 18.7 Å². The van der Waals surface area contributed by atoms with Gasteiger partial charge in [-0.1, -0.05) is 37.3 Å². The predicted molar refractivity (Wildman–Crippen MR) is 75.8 cm³/mol. The molecule has 0 saturated carbocycles. The van der Waals surface area contributed by atoms with Gasteiger partial charge >= 0.3 is 0 Å². The largest absolute Gasteiger partial charge is 0.381 e. The molecule has 2 heterocycles. The summed E-state index contributed by atoms with van der Waals surface area (Å²) in [5, 5.41) is 0. The molecule has 4 heteroatoms. The molecule has 2 aliphatic heterocycles. The van der Waals surface area contributed by atoms with Gasteiger partial charge in [-0.05, 0) is 12.0 Å². The fourth-order valence-electron chi connectivity index (χ4n) is 3.17. The highest BCUT2D eigenvalue weighted by atomic mass is 16.5. The highest BCUT2D eigenvalue weighted by molar-refractivity contribution is 5.81. The summed E-state index contributed by atoms with van der Waals surface area (Å²) in [7, 11) is 0. The van der Waals surface area contributed by atoms with Crippen molar-refractivity contribution < 1.29 is 4.74 Å². The monoisotopic (exact) mass is 259 g/mol. The normalized spacial score (nSPS) is 30.7. The van der Waals surface area contributed by atoms with Crippen LogP contribution in [0.15, 0.2) is 35.3 Å². The van der Waals surface area contributed by atoms with Crippen molar-refractivity contribution in [3.8, 4) is 0 Å². The van der Waals surface area contributed by atoms with Crippen molar-refractivity contribution in [1.82, 2.24) is 4.90 Å². The zero-order chi connectivity index (χ0) is 13.3. The van der Waals surface area contributed by atoms with E-state index in [2.05, 4.69) is 41.1 Å². The SMILES string of the molecule is CC1COCCC12CN=C(N)N2Cc1ccccc1. The third-order valence-electron chi connectivity index (χ3n) is 4.48. The first kappa shape index (κ1) is 12.5. The highest BCUT2D eigenvalue weighted by Gasteiger charge is 2.47. The number of hydrogen-bond donors (Lipinski definition) is 1. The molecule has 3 rings (SSSR count). The maximum absolute atomic E-state index is 6.13. The number of benzene rings is 1. The van der Waals surface area contributed by atoms with E-state index in [0.717, 1.165) is 32.7 Å². The minimum atomic E-state index is 0.0537. The summed E-state index contributed by atoms with van der Waals surface area (Å²) in [6.07, 6.45) is 1.01. The fraction of sp³-hybridized carbons (Fsp3) is 0.533. The number of rotatable bonds is 2. The van der Waals surface area contributed by atoms with E-state index < -0.39 is 0 Å². The van der Waals surface area contributed by atoms with Crippen LogP contribution in [-0.4, -0.2) is 36.2 Å². The standard InChI is InChI=1S/C15H21N3O/c1-12-10-19-8-7-15(12)11-17-14(16)18(15)9-13-5-3-2-4-6-13/h2-6,12H,7-11H2,1H3,(H2,16,17). The van der Waals surface area contributed by atoms with Gasteiger partial charge in [-0.2, -0.15) is 0 Å². The first-order valence-electron chi connectivity index (χ1n) is 6.91. The van der Waals surface area contributed by atoms with Gasteiger partial charge < -0.3 is 15.4 Å². The molecule has 2 N–H and O–H groups in total. The van der Waals surface area contributed by atoms with Crippen LogP contribution < -0.4 is 5.73 Å². The lowest BCUT2D eigenvalue weighted by atomic mass is 9.80. The molecule has 2 unspecified atom stereocenters. The van der Waals surface area contributed by atoms with Gasteiger partial charge in [0.15, 0.2) is 5.96 Å². The molecule has 2 atom stereocenters. The Hall–Kier alpha value is -1.55. The van der Waals surface area contributed by atoms with Gasteiger partial charge in [0.2, 0.25) is 0 Å². The van der Waals surface area contributed by atoms with E-state index in [9.17, 15) is 0 Å². The molecule has 0 aliphatic carbocycles. The van der Waals surface area contributed by atoms with Crippen LogP contribution in [0.3, 0.4) is 0 Å². The second kappa shape index (κ2) is 4.85. The maximum atomic E-state index is 6.13. The third-order valence-corrected chi connectivity index (χ3v) is 4.48. The summed E-state index contributed by atoms with van der Waals surface area (Å²) in [4.78, 5) is 6.79. The maximum Gasteiger partial charge on any atom is 0.192 e.